The van der Waals surface area contributed by atoms with Crippen LogP contribution in [0.25, 0.3) is 0 Å². The lowest BCUT2D eigenvalue weighted by Crippen LogP contribution is -2.42. The van der Waals surface area contributed by atoms with Crippen LogP contribution in [-0.4, -0.2) is 68.8 Å². The fourth-order valence-electron chi connectivity index (χ4n) is 3.73. The molecule has 11 heteroatoms. The zero-order valence-electron chi connectivity index (χ0n) is 17.0. The fraction of sp³-hybridized carbons (Fsp3) is 0.500. The molecule has 1 N–H and O–H groups in total. The molecule has 0 spiro atoms. The number of morpholine rings is 1. The van der Waals surface area contributed by atoms with Crippen LogP contribution in [0.5, 0.6) is 0 Å². The Kier molecular flexibility index (Phi) is 7.07. The van der Waals surface area contributed by atoms with Crippen molar-refractivity contribution in [3.05, 3.63) is 39.4 Å². The number of sulfonamides is 1. The number of rotatable bonds is 6. The van der Waals surface area contributed by atoms with Gasteiger partial charge in [0.1, 0.15) is 4.21 Å². The highest BCUT2D eigenvalue weighted by Crippen LogP contribution is 2.28. The van der Waals surface area contributed by atoms with Gasteiger partial charge in [0.05, 0.1) is 25.3 Å². The van der Waals surface area contributed by atoms with Crippen LogP contribution < -0.4 is 5.32 Å². The lowest BCUT2D eigenvalue weighted by Gasteiger charge is -2.30. The minimum Gasteiger partial charge on any atom is -0.378 e. The van der Waals surface area contributed by atoms with E-state index >= 15 is 0 Å². The summed E-state index contributed by atoms with van der Waals surface area (Å²) in [6.45, 7) is 3.11. The molecular weight excluding hydrogens is 458 g/mol. The maximum absolute atomic E-state index is 13.0. The van der Waals surface area contributed by atoms with E-state index in [4.69, 9.17) is 4.74 Å². The predicted molar refractivity (Wildman–Crippen MR) is 119 cm³/mol. The molecule has 0 aromatic carbocycles. The standard InChI is InChI=1S/C20H25N3O5S3/c24-19(21-13-17-2-1-11-29-17)15-3-5-23(6-4-15)31(26,27)18-12-16(14-30-18)20(25)22-7-9-28-10-8-22/h1-2,11-12,14-15H,3-10,13H2,(H,21,24). The van der Waals surface area contributed by atoms with Crippen molar-refractivity contribution in [2.45, 2.75) is 23.6 Å². The number of thiophene rings is 2. The van der Waals surface area contributed by atoms with Crippen LogP contribution in [0.15, 0.2) is 33.2 Å². The number of nitrogens with one attached hydrogen (secondary N) is 1. The predicted octanol–water partition coefficient (Wildman–Crippen LogP) is 2.00. The van der Waals surface area contributed by atoms with Gasteiger partial charge in [0.15, 0.2) is 0 Å². The Balaban J connectivity index is 1.33. The quantitative estimate of drug-likeness (QED) is 0.678. The molecule has 2 aliphatic heterocycles. The van der Waals surface area contributed by atoms with Crippen LogP contribution in [0.1, 0.15) is 28.1 Å². The molecule has 2 aliphatic rings. The molecule has 0 bridgehead atoms. The van der Waals surface area contributed by atoms with Crippen molar-refractivity contribution >= 4 is 44.5 Å². The number of ether oxygens (including phenoxy) is 1. The van der Waals surface area contributed by atoms with E-state index in [2.05, 4.69) is 5.32 Å². The largest absolute Gasteiger partial charge is 0.378 e. The topological polar surface area (TPSA) is 96.0 Å². The Morgan fingerprint density at radius 1 is 1.13 bits per heavy atom. The van der Waals surface area contributed by atoms with Crippen molar-refractivity contribution in [3.63, 3.8) is 0 Å². The van der Waals surface area contributed by atoms with Crippen LogP contribution in [-0.2, 0) is 26.1 Å². The van der Waals surface area contributed by atoms with Gasteiger partial charge in [-0.3, -0.25) is 9.59 Å². The van der Waals surface area contributed by atoms with Crippen LogP contribution in [0, 0.1) is 5.92 Å². The third-order valence-electron chi connectivity index (χ3n) is 5.56. The molecule has 2 aromatic rings. The van der Waals surface area contributed by atoms with Crippen LogP contribution in [0.4, 0.5) is 0 Å². The first-order valence-electron chi connectivity index (χ1n) is 10.2. The van der Waals surface area contributed by atoms with Gasteiger partial charge in [-0.05, 0) is 30.4 Å². The smallest absolute Gasteiger partial charge is 0.254 e. The molecule has 168 valence electrons. The highest BCUT2D eigenvalue weighted by molar-refractivity contribution is 7.91. The number of hydrogen-bond acceptors (Lipinski definition) is 7. The molecule has 31 heavy (non-hydrogen) atoms. The number of carbonyl (C=O) groups is 2. The summed E-state index contributed by atoms with van der Waals surface area (Å²) in [5, 5.41) is 6.52. The third kappa shape index (κ3) is 5.17. The first kappa shape index (κ1) is 22.4. The van der Waals surface area contributed by atoms with Gasteiger partial charge in [-0.2, -0.15) is 4.31 Å². The molecule has 4 heterocycles. The highest BCUT2D eigenvalue weighted by atomic mass is 32.2. The van der Waals surface area contributed by atoms with Gasteiger partial charge >= 0.3 is 0 Å². The number of nitrogens with zero attached hydrogens (tertiary/aromatic N) is 2. The Morgan fingerprint density at radius 3 is 2.55 bits per heavy atom. The van der Waals surface area contributed by atoms with Gasteiger partial charge in [-0.15, -0.1) is 22.7 Å². The maximum atomic E-state index is 13.0. The number of amides is 2. The van der Waals surface area contributed by atoms with Crippen molar-refractivity contribution in [1.82, 2.24) is 14.5 Å². The molecule has 2 amide bonds. The van der Waals surface area contributed by atoms with E-state index < -0.39 is 10.0 Å². The van der Waals surface area contributed by atoms with E-state index in [0.717, 1.165) is 16.2 Å². The Labute approximate surface area is 189 Å². The molecule has 0 atom stereocenters. The Bertz CT molecular complexity index is 1000. The van der Waals surface area contributed by atoms with Gasteiger partial charge < -0.3 is 15.0 Å². The summed E-state index contributed by atoms with van der Waals surface area (Å²) in [7, 11) is -3.68. The number of piperidine rings is 1. The molecule has 0 unspecified atom stereocenters. The monoisotopic (exact) mass is 483 g/mol. The summed E-state index contributed by atoms with van der Waals surface area (Å²) in [4.78, 5) is 27.8. The van der Waals surface area contributed by atoms with Crippen LogP contribution in [0.3, 0.4) is 0 Å². The van der Waals surface area contributed by atoms with Gasteiger partial charge in [0.25, 0.3) is 15.9 Å². The SMILES string of the molecule is O=C(NCc1cccs1)C1CCN(S(=O)(=O)c2cc(C(=O)N3CCOCC3)cs2)CC1. The van der Waals surface area contributed by atoms with E-state index in [9.17, 15) is 18.0 Å². The zero-order valence-corrected chi connectivity index (χ0v) is 19.4. The molecule has 0 aliphatic carbocycles. The van der Waals surface area contributed by atoms with Crippen molar-refractivity contribution in [1.29, 1.82) is 0 Å². The van der Waals surface area contributed by atoms with E-state index in [-0.39, 0.29) is 21.9 Å². The summed E-state index contributed by atoms with van der Waals surface area (Å²) < 4.78 is 33.0. The second kappa shape index (κ2) is 9.78. The normalized spacial score (nSPS) is 18.8. The molecule has 2 fully saturated rings. The van der Waals surface area contributed by atoms with Gasteiger partial charge in [0.2, 0.25) is 5.91 Å². The highest BCUT2D eigenvalue weighted by Gasteiger charge is 2.33. The first-order chi connectivity index (χ1) is 14.9. The summed E-state index contributed by atoms with van der Waals surface area (Å²) in [6, 6.07) is 5.39. The number of carbonyl (C=O) groups excluding carboxylic acids is 2. The molecular formula is C20H25N3O5S3. The fourth-order valence-corrected chi connectivity index (χ4v) is 7.15. The third-order valence-corrected chi connectivity index (χ3v) is 9.75. The molecule has 8 nitrogen and oxygen atoms in total. The van der Waals surface area contributed by atoms with Crippen molar-refractivity contribution in [2.75, 3.05) is 39.4 Å². The molecule has 0 saturated carbocycles. The summed E-state index contributed by atoms with van der Waals surface area (Å²) >= 11 is 2.66. The van der Waals surface area contributed by atoms with Gasteiger partial charge in [-0.25, -0.2) is 8.42 Å². The first-order valence-corrected chi connectivity index (χ1v) is 13.4. The summed E-state index contributed by atoms with van der Waals surface area (Å²) in [5.41, 5.74) is 0.397. The van der Waals surface area contributed by atoms with Crippen molar-refractivity contribution in [2.24, 2.45) is 5.92 Å². The molecule has 4 rings (SSSR count). The second-order valence-electron chi connectivity index (χ2n) is 7.53. The number of hydrogen-bond donors (Lipinski definition) is 1. The van der Waals surface area contributed by atoms with Gasteiger partial charge in [0, 0.05) is 42.4 Å². The minimum atomic E-state index is -3.68. The Morgan fingerprint density at radius 2 is 1.87 bits per heavy atom. The second-order valence-corrected chi connectivity index (χ2v) is 11.6. The van der Waals surface area contributed by atoms with Gasteiger partial charge in [-0.1, -0.05) is 6.07 Å². The average Bonchev–Trinajstić information content (AvgIpc) is 3.50. The van der Waals surface area contributed by atoms with E-state index in [0.29, 0.717) is 64.3 Å². The molecule has 2 saturated heterocycles. The summed E-state index contributed by atoms with van der Waals surface area (Å²) in [5.74, 6) is -0.379. The minimum absolute atomic E-state index is 0.0278. The van der Waals surface area contributed by atoms with Crippen LogP contribution >= 0.6 is 22.7 Å². The lowest BCUT2D eigenvalue weighted by molar-refractivity contribution is -0.126. The van der Waals surface area contributed by atoms with Crippen molar-refractivity contribution < 1.29 is 22.7 Å². The average molecular weight is 484 g/mol. The Hall–Kier alpha value is -1.79. The maximum Gasteiger partial charge on any atom is 0.254 e. The van der Waals surface area contributed by atoms with E-state index in [1.807, 2.05) is 17.5 Å². The molecule has 2 aromatic heterocycles. The zero-order chi connectivity index (χ0) is 21.8. The lowest BCUT2D eigenvalue weighted by atomic mass is 9.97. The van der Waals surface area contributed by atoms with Crippen LogP contribution in [0.2, 0.25) is 0 Å². The summed E-state index contributed by atoms with van der Waals surface area (Å²) in [6.07, 6.45) is 0.973. The van der Waals surface area contributed by atoms with E-state index in [1.165, 1.54) is 10.4 Å². The molecule has 0 radical (unpaired) electrons. The van der Waals surface area contributed by atoms with E-state index in [1.54, 1.807) is 21.6 Å². The van der Waals surface area contributed by atoms with Crippen molar-refractivity contribution in [3.8, 4) is 0 Å².